The number of nitrogens with zero attached hydrogens (tertiary/aromatic N) is 1. The summed E-state index contributed by atoms with van der Waals surface area (Å²) in [6.45, 7) is 2.06. The van der Waals surface area contributed by atoms with Crippen LogP contribution in [0.1, 0.15) is 6.92 Å². The standard InChI is InChI=1S/C11H10FNO2/c1-2-15-11(14)10-6-7-5-8(12)3-4-9(7)13-10/h3-6,10H,2H2,1H3/t10-/m1/s1. The van der Waals surface area contributed by atoms with Crippen LogP contribution in [0.2, 0.25) is 0 Å². The average Bonchev–Trinajstić information content (AvgIpc) is 2.60. The molecule has 1 aliphatic heterocycles. The van der Waals surface area contributed by atoms with Crippen LogP contribution in [0.3, 0.4) is 0 Å². The lowest BCUT2D eigenvalue weighted by Gasteiger charge is -2.02. The van der Waals surface area contributed by atoms with Crippen LogP contribution in [0.4, 0.5) is 4.39 Å². The fraction of sp³-hybridized carbons (Fsp3) is 0.273. The van der Waals surface area contributed by atoms with Crippen molar-refractivity contribution in [3.63, 3.8) is 0 Å². The van der Waals surface area contributed by atoms with Gasteiger partial charge in [0, 0.05) is 5.22 Å². The Kier molecular flexibility index (Phi) is 2.49. The molecule has 1 atom stereocenters. The van der Waals surface area contributed by atoms with Gasteiger partial charge in [-0.1, -0.05) is 0 Å². The van der Waals surface area contributed by atoms with Crippen LogP contribution in [0.25, 0.3) is 6.08 Å². The van der Waals surface area contributed by atoms with Crippen molar-refractivity contribution in [2.24, 2.45) is 4.99 Å². The Morgan fingerprint density at radius 2 is 2.40 bits per heavy atom. The maximum atomic E-state index is 12.9. The van der Waals surface area contributed by atoms with E-state index in [1.54, 1.807) is 19.1 Å². The largest absolute Gasteiger partial charge is 0.464 e. The summed E-state index contributed by atoms with van der Waals surface area (Å²) in [4.78, 5) is 15.5. The van der Waals surface area contributed by atoms with Gasteiger partial charge in [-0.3, -0.25) is 4.99 Å². The number of carbonyl (C=O) groups is 1. The number of fused-ring (bicyclic) bond motifs is 1. The second-order valence-electron chi connectivity index (χ2n) is 3.20. The molecule has 0 radical (unpaired) electrons. The van der Waals surface area contributed by atoms with Crippen molar-refractivity contribution in [1.82, 2.24) is 0 Å². The molecule has 2 rings (SSSR count). The lowest BCUT2D eigenvalue weighted by Crippen LogP contribution is -2.20. The minimum absolute atomic E-state index is 0.323. The second kappa shape index (κ2) is 3.81. The molecule has 4 heteroatoms. The van der Waals surface area contributed by atoms with E-state index in [0.29, 0.717) is 17.2 Å². The van der Waals surface area contributed by atoms with Gasteiger partial charge < -0.3 is 4.74 Å². The monoisotopic (exact) mass is 207 g/mol. The van der Waals surface area contributed by atoms with Crippen LogP contribution in [0, 0.1) is 5.82 Å². The Bertz CT molecular complexity index is 510. The minimum Gasteiger partial charge on any atom is -0.464 e. The SMILES string of the molecule is CCOC(=O)[C@H]1C=c2cc(F)ccc2=N1. The minimum atomic E-state index is -0.623. The number of carbonyl (C=O) groups excluding carboxylic acids is 1. The van der Waals surface area contributed by atoms with E-state index in [-0.39, 0.29) is 5.82 Å². The Labute approximate surface area is 85.9 Å². The molecular weight excluding hydrogens is 197 g/mol. The van der Waals surface area contributed by atoms with Crippen molar-refractivity contribution >= 4 is 12.0 Å². The molecule has 1 heterocycles. The van der Waals surface area contributed by atoms with Gasteiger partial charge in [-0.25, -0.2) is 9.18 Å². The molecule has 1 aromatic carbocycles. The Morgan fingerprint density at radius 1 is 1.60 bits per heavy atom. The summed E-state index contributed by atoms with van der Waals surface area (Å²) in [7, 11) is 0. The van der Waals surface area contributed by atoms with E-state index in [2.05, 4.69) is 4.99 Å². The van der Waals surface area contributed by atoms with Gasteiger partial charge in [0.2, 0.25) is 0 Å². The summed E-state index contributed by atoms with van der Waals surface area (Å²) in [5.74, 6) is -0.723. The smallest absolute Gasteiger partial charge is 0.334 e. The molecule has 0 saturated carbocycles. The third kappa shape index (κ3) is 1.88. The van der Waals surface area contributed by atoms with E-state index in [4.69, 9.17) is 4.74 Å². The Hall–Kier alpha value is -1.71. The molecule has 0 spiro atoms. The maximum Gasteiger partial charge on any atom is 0.334 e. The molecule has 0 aromatic heterocycles. The number of benzene rings is 1. The van der Waals surface area contributed by atoms with Gasteiger partial charge in [0.15, 0.2) is 6.04 Å². The first kappa shape index (κ1) is 9.83. The van der Waals surface area contributed by atoms with Crippen molar-refractivity contribution in [3.05, 3.63) is 34.6 Å². The summed E-state index contributed by atoms with van der Waals surface area (Å²) < 4.78 is 17.7. The summed E-state index contributed by atoms with van der Waals surface area (Å²) in [6, 6.07) is 3.61. The molecular formula is C11H10FNO2. The van der Waals surface area contributed by atoms with Crippen LogP contribution in [0.15, 0.2) is 23.2 Å². The van der Waals surface area contributed by atoms with E-state index in [9.17, 15) is 9.18 Å². The van der Waals surface area contributed by atoms with Gasteiger partial charge in [0.1, 0.15) is 5.82 Å². The second-order valence-corrected chi connectivity index (χ2v) is 3.20. The van der Waals surface area contributed by atoms with Gasteiger partial charge >= 0.3 is 5.97 Å². The molecule has 3 nitrogen and oxygen atoms in total. The van der Waals surface area contributed by atoms with Crippen molar-refractivity contribution in [2.45, 2.75) is 13.0 Å². The van der Waals surface area contributed by atoms with Crippen LogP contribution >= 0.6 is 0 Å². The first-order chi connectivity index (χ1) is 7.20. The predicted octanol–water partition coefficient (Wildman–Crippen LogP) is 0.171. The zero-order chi connectivity index (χ0) is 10.8. The van der Waals surface area contributed by atoms with E-state index < -0.39 is 12.0 Å². The molecule has 78 valence electrons. The van der Waals surface area contributed by atoms with E-state index in [1.807, 2.05) is 0 Å². The van der Waals surface area contributed by atoms with Gasteiger partial charge in [0.25, 0.3) is 0 Å². The maximum absolute atomic E-state index is 12.9. The Balaban J connectivity index is 2.35. The molecule has 0 bridgehead atoms. The fourth-order valence-corrected chi connectivity index (χ4v) is 1.48. The highest BCUT2D eigenvalue weighted by atomic mass is 19.1. The van der Waals surface area contributed by atoms with Crippen LogP contribution in [-0.2, 0) is 9.53 Å². The summed E-state index contributed by atoms with van der Waals surface area (Å²) in [5.41, 5.74) is 0. The molecule has 0 N–H and O–H groups in total. The van der Waals surface area contributed by atoms with Crippen LogP contribution in [-0.4, -0.2) is 18.6 Å². The highest BCUT2D eigenvalue weighted by Gasteiger charge is 2.18. The highest BCUT2D eigenvalue weighted by molar-refractivity contribution is 5.83. The fourth-order valence-electron chi connectivity index (χ4n) is 1.48. The average molecular weight is 207 g/mol. The third-order valence-electron chi connectivity index (χ3n) is 2.13. The molecule has 1 aromatic rings. The van der Waals surface area contributed by atoms with Gasteiger partial charge in [0.05, 0.1) is 12.0 Å². The molecule has 0 amide bonds. The van der Waals surface area contributed by atoms with Crippen molar-refractivity contribution in [1.29, 1.82) is 0 Å². The topological polar surface area (TPSA) is 38.7 Å². The quantitative estimate of drug-likeness (QED) is 0.648. The molecule has 0 fully saturated rings. The van der Waals surface area contributed by atoms with Gasteiger partial charge in [-0.2, -0.15) is 0 Å². The van der Waals surface area contributed by atoms with Crippen LogP contribution < -0.4 is 10.6 Å². The highest BCUT2D eigenvalue weighted by Crippen LogP contribution is 2.00. The van der Waals surface area contributed by atoms with E-state index >= 15 is 0 Å². The molecule has 0 unspecified atom stereocenters. The lowest BCUT2D eigenvalue weighted by molar-refractivity contribution is -0.142. The number of esters is 1. The number of hydrogen-bond donors (Lipinski definition) is 0. The number of rotatable bonds is 2. The van der Waals surface area contributed by atoms with Crippen molar-refractivity contribution in [3.8, 4) is 0 Å². The molecule has 0 saturated heterocycles. The summed E-state index contributed by atoms with van der Waals surface area (Å²) in [6.07, 6.45) is 1.61. The molecule has 1 aliphatic rings. The molecule has 15 heavy (non-hydrogen) atoms. The van der Waals surface area contributed by atoms with Crippen molar-refractivity contribution < 1.29 is 13.9 Å². The third-order valence-corrected chi connectivity index (χ3v) is 2.13. The first-order valence-corrected chi connectivity index (χ1v) is 4.72. The van der Waals surface area contributed by atoms with Gasteiger partial charge in [-0.15, -0.1) is 0 Å². The van der Waals surface area contributed by atoms with E-state index in [0.717, 1.165) is 0 Å². The number of halogens is 1. The summed E-state index contributed by atoms with van der Waals surface area (Å²) in [5, 5.41) is 1.28. The lowest BCUT2D eigenvalue weighted by atomic mass is 10.2. The summed E-state index contributed by atoms with van der Waals surface area (Å²) >= 11 is 0. The normalized spacial score (nSPS) is 17.6. The number of hydrogen-bond acceptors (Lipinski definition) is 3. The zero-order valence-corrected chi connectivity index (χ0v) is 8.24. The predicted molar refractivity (Wildman–Crippen MR) is 52.1 cm³/mol. The molecule has 0 aliphatic carbocycles. The van der Waals surface area contributed by atoms with E-state index in [1.165, 1.54) is 12.1 Å². The first-order valence-electron chi connectivity index (χ1n) is 4.72. The Morgan fingerprint density at radius 3 is 3.13 bits per heavy atom. The number of ether oxygens (including phenoxy) is 1. The van der Waals surface area contributed by atoms with Crippen LogP contribution in [0.5, 0.6) is 0 Å². The van der Waals surface area contributed by atoms with Gasteiger partial charge in [-0.05, 0) is 31.2 Å². The van der Waals surface area contributed by atoms with Crippen molar-refractivity contribution in [2.75, 3.05) is 6.61 Å². The zero-order valence-electron chi connectivity index (χ0n) is 8.24.